The highest BCUT2D eigenvalue weighted by molar-refractivity contribution is 5.81. The summed E-state index contributed by atoms with van der Waals surface area (Å²) in [5, 5.41) is 20.8. The van der Waals surface area contributed by atoms with Crippen LogP contribution in [-0.4, -0.2) is 66.0 Å². The molecule has 12 heteroatoms. The first-order valence-electron chi connectivity index (χ1n) is 8.54. The average Bonchev–Trinajstić information content (AvgIpc) is 3.17. The summed E-state index contributed by atoms with van der Waals surface area (Å²) >= 11 is 0. The maximum Gasteiger partial charge on any atom is 0.234 e. The Morgan fingerprint density at radius 2 is 1.96 bits per heavy atom. The number of imidazole rings is 1. The third-order valence-electron chi connectivity index (χ3n) is 4.75. The molecule has 0 aliphatic carbocycles. The van der Waals surface area contributed by atoms with E-state index in [1.54, 1.807) is 0 Å². The molecule has 12 nitrogen and oxygen atoms in total. The van der Waals surface area contributed by atoms with Gasteiger partial charge >= 0.3 is 0 Å². The van der Waals surface area contributed by atoms with Gasteiger partial charge in [0.15, 0.2) is 17.7 Å². The number of fused-ring (bicyclic) bond motifs is 1. The first kappa shape index (κ1) is 19.4. The number of aliphatic hydroxyl groups excluding tert-OH is 2. The highest BCUT2D eigenvalue weighted by atomic mass is 16.6. The summed E-state index contributed by atoms with van der Waals surface area (Å²) in [6.45, 7) is 0. The zero-order valence-electron chi connectivity index (χ0n) is 14.5. The van der Waals surface area contributed by atoms with Crippen molar-refractivity contribution < 1.29 is 19.7 Å². The molecule has 0 aromatic carbocycles. The number of carbonyl (C=O) groups excluding carboxylic acids is 1. The summed E-state index contributed by atoms with van der Waals surface area (Å²) in [5.74, 6) is -0.390. The second-order valence-electron chi connectivity index (χ2n) is 6.71. The van der Waals surface area contributed by atoms with Gasteiger partial charge in [-0.2, -0.15) is 0 Å². The number of hydrogen-bond acceptors (Lipinski definition) is 10. The summed E-state index contributed by atoms with van der Waals surface area (Å²) < 4.78 is 7.32. The quantitative estimate of drug-likeness (QED) is 0.293. The van der Waals surface area contributed by atoms with E-state index in [1.807, 2.05) is 0 Å². The van der Waals surface area contributed by atoms with Crippen LogP contribution in [0.1, 0.15) is 25.5 Å². The molecule has 3 heterocycles. The summed E-state index contributed by atoms with van der Waals surface area (Å²) in [6, 6.07) is -1.16. The van der Waals surface area contributed by atoms with Crippen molar-refractivity contribution in [2.75, 3.05) is 5.73 Å². The van der Waals surface area contributed by atoms with Gasteiger partial charge in [-0.05, 0) is 19.3 Å². The predicted octanol–water partition coefficient (Wildman–Crippen LogP) is -2.66. The van der Waals surface area contributed by atoms with Crippen LogP contribution in [-0.2, 0) is 9.53 Å². The molecule has 27 heavy (non-hydrogen) atoms. The number of carbonyl (C=O) groups is 1. The number of nitrogen functional groups attached to an aromatic ring is 1. The molecule has 1 aliphatic rings. The van der Waals surface area contributed by atoms with Gasteiger partial charge < -0.3 is 37.9 Å². The smallest absolute Gasteiger partial charge is 0.234 e. The van der Waals surface area contributed by atoms with Crippen molar-refractivity contribution in [1.29, 1.82) is 0 Å². The van der Waals surface area contributed by atoms with Gasteiger partial charge in [-0.1, -0.05) is 0 Å². The van der Waals surface area contributed by atoms with Crippen LogP contribution in [0.15, 0.2) is 12.7 Å². The first-order chi connectivity index (χ1) is 12.8. The normalized spacial score (nSPS) is 27.7. The Bertz CT molecular complexity index is 814. The summed E-state index contributed by atoms with van der Waals surface area (Å²) in [6.07, 6.45) is -0.239. The second kappa shape index (κ2) is 7.70. The number of rotatable bonds is 7. The third-order valence-corrected chi connectivity index (χ3v) is 4.75. The van der Waals surface area contributed by atoms with E-state index in [0.29, 0.717) is 24.0 Å². The van der Waals surface area contributed by atoms with E-state index >= 15 is 0 Å². The molecule has 1 aliphatic heterocycles. The van der Waals surface area contributed by atoms with Gasteiger partial charge in [-0.3, -0.25) is 9.36 Å². The van der Waals surface area contributed by atoms with E-state index in [1.165, 1.54) is 17.2 Å². The van der Waals surface area contributed by atoms with Crippen molar-refractivity contribution in [3.63, 3.8) is 0 Å². The number of aliphatic hydroxyl groups is 2. The van der Waals surface area contributed by atoms with E-state index in [-0.39, 0.29) is 12.2 Å². The highest BCUT2D eigenvalue weighted by Crippen LogP contribution is 2.33. The fourth-order valence-electron chi connectivity index (χ4n) is 3.16. The maximum atomic E-state index is 11.0. The van der Waals surface area contributed by atoms with E-state index < -0.39 is 42.5 Å². The molecule has 10 N–H and O–H groups in total. The number of ether oxygens (including phenoxy) is 1. The Hall–Kier alpha value is -2.38. The van der Waals surface area contributed by atoms with Gasteiger partial charge in [-0.15, -0.1) is 0 Å². The Morgan fingerprint density at radius 1 is 1.22 bits per heavy atom. The largest absolute Gasteiger partial charge is 0.388 e. The highest BCUT2D eigenvalue weighted by Gasteiger charge is 2.44. The monoisotopic (exact) mass is 380 g/mol. The first-order valence-corrected chi connectivity index (χ1v) is 8.54. The van der Waals surface area contributed by atoms with Crippen molar-refractivity contribution in [3.8, 4) is 0 Å². The van der Waals surface area contributed by atoms with Crippen LogP contribution in [0.5, 0.6) is 0 Å². The van der Waals surface area contributed by atoms with Gasteiger partial charge in [0.2, 0.25) is 5.91 Å². The average molecular weight is 380 g/mol. The van der Waals surface area contributed by atoms with Gasteiger partial charge in [0, 0.05) is 6.04 Å². The molecule has 1 saturated heterocycles. The van der Waals surface area contributed by atoms with Crippen LogP contribution in [0, 0.1) is 0 Å². The Morgan fingerprint density at radius 3 is 2.67 bits per heavy atom. The zero-order valence-corrected chi connectivity index (χ0v) is 14.5. The number of amides is 1. The van der Waals surface area contributed by atoms with E-state index in [4.69, 9.17) is 27.7 Å². The lowest BCUT2D eigenvalue weighted by Crippen LogP contribution is -2.39. The van der Waals surface area contributed by atoms with E-state index in [0.717, 1.165) is 0 Å². The van der Waals surface area contributed by atoms with Crippen LogP contribution < -0.4 is 22.9 Å². The van der Waals surface area contributed by atoms with Crippen molar-refractivity contribution in [3.05, 3.63) is 12.7 Å². The minimum Gasteiger partial charge on any atom is -0.388 e. The minimum atomic E-state index is -1.20. The molecule has 2 aromatic heterocycles. The molecule has 6 unspecified atom stereocenters. The fraction of sp³-hybridized carbons (Fsp3) is 0.600. The number of nitrogens with two attached hydrogens (primary N) is 4. The van der Waals surface area contributed by atoms with E-state index in [2.05, 4.69) is 15.0 Å². The van der Waals surface area contributed by atoms with Gasteiger partial charge in [0.25, 0.3) is 0 Å². The number of aromatic nitrogens is 4. The standard InChI is InChI=1S/C15H24N8O4/c16-6(1-2-7(17)13(19)26)3-8-10(24)11(25)15(27-8)23-5-22-9-12(18)20-4-21-14(9)23/h4-8,10-11,15,24-25H,1-3,16-17H2,(H2,19,26)(H2,18,20,21). The predicted molar refractivity (Wildman–Crippen MR) is 94.7 cm³/mol. The molecule has 3 rings (SSSR count). The van der Waals surface area contributed by atoms with Gasteiger partial charge in [0.05, 0.1) is 18.5 Å². The van der Waals surface area contributed by atoms with Crippen LogP contribution in [0.25, 0.3) is 11.2 Å². The Labute approximate surface area is 154 Å². The molecule has 2 aromatic rings. The van der Waals surface area contributed by atoms with Crippen LogP contribution in [0.3, 0.4) is 0 Å². The lowest BCUT2D eigenvalue weighted by atomic mass is 9.98. The lowest BCUT2D eigenvalue weighted by molar-refractivity contribution is -0.119. The van der Waals surface area contributed by atoms with Crippen molar-refractivity contribution in [2.45, 2.75) is 55.9 Å². The van der Waals surface area contributed by atoms with Crippen molar-refractivity contribution in [1.82, 2.24) is 19.5 Å². The zero-order chi connectivity index (χ0) is 19.7. The number of hydrogen-bond donors (Lipinski definition) is 6. The van der Waals surface area contributed by atoms with Crippen LogP contribution in [0.2, 0.25) is 0 Å². The topological polar surface area (TPSA) is 214 Å². The molecule has 1 amide bonds. The number of anilines is 1. The molecular formula is C15H24N8O4. The minimum absolute atomic E-state index is 0.205. The molecule has 0 spiro atoms. The molecule has 0 radical (unpaired) electrons. The third kappa shape index (κ3) is 3.84. The van der Waals surface area contributed by atoms with Crippen molar-refractivity contribution >= 4 is 22.9 Å². The van der Waals surface area contributed by atoms with Crippen LogP contribution >= 0.6 is 0 Å². The summed E-state index contributed by atoms with van der Waals surface area (Å²) in [4.78, 5) is 23.1. The van der Waals surface area contributed by atoms with Crippen molar-refractivity contribution in [2.24, 2.45) is 17.2 Å². The maximum absolute atomic E-state index is 11.0. The summed E-state index contributed by atoms with van der Waals surface area (Å²) in [7, 11) is 0. The Balaban J connectivity index is 1.68. The number of primary amides is 1. The van der Waals surface area contributed by atoms with Gasteiger partial charge in [-0.25, -0.2) is 15.0 Å². The second-order valence-corrected chi connectivity index (χ2v) is 6.71. The SMILES string of the molecule is NC(=O)C(N)CCC(N)CC1OC(n2cnc3c(N)ncnc32)C(O)C1O. The summed E-state index contributed by atoms with van der Waals surface area (Å²) in [5.41, 5.74) is 23.3. The fourth-order valence-corrected chi connectivity index (χ4v) is 3.16. The lowest BCUT2D eigenvalue weighted by Gasteiger charge is -2.20. The number of nitrogens with zero attached hydrogens (tertiary/aromatic N) is 4. The molecule has 148 valence electrons. The molecular weight excluding hydrogens is 356 g/mol. The Kier molecular flexibility index (Phi) is 5.53. The van der Waals surface area contributed by atoms with E-state index in [9.17, 15) is 15.0 Å². The van der Waals surface area contributed by atoms with Crippen LogP contribution in [0.4, 0.5) is 5.82 Å². The molecule has 0 saturated carbocycles. The molecule has 1 fully saturated rings. The van der Waals surface area contributed by atoms with Gasteiger partial charge in [0.1, 0.15) is 24.1 Å². The molecule has 0 bridgehead atoms. The molecule has 6 atom stereocenters.